The Balaban J connectivity index is 2.50. The van der Waals surface area contributed by atoms with Crippen molar-refractivity contribution in [1.82, 2.24) is 0 Å². The van der Waals surface area contributed by atoms with Gasteiger partial charge in [-0.2, -0.15) is 0 Å². The van der Waals surface area contributed by atoms with Crippen LogP contribution in [0.4, 0.5) is 0 Å². The molecule has 0 radical (unpaired) electrons. The minimum Gasteiger partial charge on any atom is -0.389 e. The second-order valence-electron chi connectivity index (χ2n) is 4.13. The highest BCUT2D eigenvalue weighted by atomic mass is 16.3. The molecule has 3 atom stereocenters. The summed E-state index contributed by atoms with van der Waals surface area (Å²) in [6.45, 7) is 8.62. The molecule has 1 heteroatoms. The minimum atomic E-state index is -0.311. The smallest absolute Gasteiger partial charge is 0.0705 e. The molecule has 0 aromatic carbocycles. The summed E-state index contributed by atoms with van der Waals surface area (Å²) in [7, 11) is 0. The first-order valence-electron chi connectivity index (χ1n) is 4.21. The van der Waals surface area contributed by atoms with Gasteiger partial charge in [0.15, 0.2) is 0 Å². The van der Waals surface area contributed by atoms with E-state index in [1.807, 2.05) is 0 Å². The Morgan fingerprint density at radius 3 is 1.90 bits per heavy atom. The van der Waals surface area contributed by atoms with Gasteiger partial charge < -0.3 is 5.11 Å². The topological polar surface area (TPSA) is 20.2 Å². The SMILES string of the molecule is CC(C)C(C)C1(O)CC1C. The van der Waals surface area contributed by atoms with Gasteiger partial charge in [-0.05, 0) is 24.2 Å². The molecule has 0 aromatic heterocycles. The Morgan fingerprint density at radius 1 is 1.40 bits per heavy atom. The standard InChI is InChI=1S/C9H18O/c1-6(2)8(4)9(10)5-7(9)3/h6-8,10H,5H2,1-4H3. The van der Waals surface area contributed by atoms with Crippen LogP contribution in [-0.4, -0.2) is 10.7 Å². The number of aliphatic hydroxyl groups is 1. The van der Waals surface area contributed by atoms with Crippen molar-refractivity contribution in [2.24, 2.45) is 17.8 Å². The van der Waals surface area contributed by atoms with Gasteiger partial charge in [-0.15, -0.1) is 0 Å². The fourth-order valence-corrected chi connectivity index (χ4v) is 1.64. The maximum absolute atomic E-state index is 9.84. The molecule has 0 saturated heterocycles. The predicted molar refractivity (Wildman–Crippen MR) is 42.7 cm³/mol. The summed E-state index contributed by atoms with van der Waals surface area (Å²) in [6, 6.07) is 0. The molecular formula is C9H18O. The summed E-state index contributed by atoms with van der Waals surface area (Å²) in [4.78, 5) is 0. The lowest BCUT2D eigenvalue weighted by Crippen LogP contribution is -2.25. The van der Waals surface area contributed by atoms with Gasteiger partial charge in [0.05, 0.1) is 5.60 Å². The molecular weight excluding hydrogens is 124 g/mol. The lowest BCUT2D eigenvalue weighted by atomic mass is 9.89. The summed E-state index contributed by atoms with van der Waals surface area (Å²) < 4.78 is 0. The lowest BCUT2D eigenvalue weighted by molar-refractivity contribution is 0.0536. The largest absolute Gasteiger partial charge is 0.389 e. The fraction of sp³-hybridized carbons (Fsp3) is 1.00. The quantitative estimate of drug-likeness (QED) is 0.625. The molecule has 1 nitrogen and oxygen atoms in total. The molecule has 1 rings (SSSR count). The molecule has 1 saturated carbocycles. The second kappa shape index (κ2) is 2.23. The Hall–Kier alpha value is -0.0400. The van der Waals surface area contributed by atoms with Gasteiger partial charge in [0.2, 0.25) is 0 Å². The Morgan fingerprint density at radius 2 is 1.80 bits per heavy atom. The summed E-state index contributed by atoms with van der Waals surface area (Å²) in [5, 5.41) is 9.84. The zero-order valence-electron chi connectivity index (χ0n) is 7.39. The van der Waals surface area contributed by atoms with Gasteiger partial charge in [0.1, 0.15) is 0 Å². The highest BCUT2D eigenvalue weighted by molar-refractivity contribution is 5.04. The van der Waals surface area contributed by atoms with Crippen molar-refractivity contribution >= 4 is 0 Å². The van der Waals surface area contributed by atoms with Crippen molar-refractivity contribution in [3.8, 4) is 0 Å². The van der Waals surface area contributed by atoms with Gasteiger partial charge in [0.25, 0.3) is 0 Å². The van der Waals surface area contributed by atoms with E-state index in [2.05, 4.69) is 27.7 Å². The predicted octanol–water partition coefficient (Wildman–Crippen LogP) is 2.05. The highest BCUT2D eigenvalue weighted by Gasteiger charge is 2.53. The van der Waals surface area contributed by atoms with Crippen molar-refractivity contribution in [2.45, 2.75) is 39.7 Å². The van der Waals surface area contributed by atoms with Crippen LogP contribution in [0.5, 0.6) is 0 Å². The van der Waals surface area contributed by atoms with E-state index in [1.54, 1.807) is 0 Å². The Labute approximate surface area is 63.4 Å². The highest BCUT2D eigenvalue weighted by Crippen LogP contribution is 2.50. The minimum absolute atomic E-state index is 0.311. The molecule has 0 aromatic rings. The van der Waals surface area contributed by atoms with Crippen LogP contribution in [0.2, 0.25) is 0 Å². The lowest BCUT2D eigenvalue weighted by Gasteiger charge is -2.22. The zero-order valence-corrected chi connectivity index (χ0v) is 7.39. The molecule has 0 amide bonds. The molecule has 1 fully saturated rings. The first-order chi connectivity index (χ1) is 4.48. The van der Waals surface area contributed by atoms with E-state index in [-0.39, 0.29) is 5.60 Å². The summed E-state index contributed by atoms with van der Waals surface area (Å²) in [5.74, 6) is 1.60. The number of rotatable bonds is 2. The van der Waals surface area contributed by atoms with Crippen LogP contribution in [-0.2, 0) is 0 Å². The monoisotopic (exact) mass is 142 g/mol. The van der Waals surface area contributed by atoms with Crippen LogP contribution < -0.4 is 0 Å². The number of hydrogen-bond donors (Lipinski definition) is 1. The van der Waals surface area contributed by atoms with E-state index in [0.717, 1.165) is 6.42 Å². The van der Waals surface area contributed by atoms with E-state index in [1.165, 1.54) is 0 Å². The van der Waals surface area contributed by atoms with Crippen LogP contribution in [0.3, 0.4) is 0 Å². The van der Waals surface area contributed by atoms with Crippen LogP contribution in [0.25, 0.3) is 0 Å². The van der Waals surface area contributed by atoms with Gasteiger partial charge in [-0.3, -0.25) is 0 Å². The van der Waals surface area contributed by atoms with Crippen LogP contribution in [0.15, 0.2) is 0 Å². The van der Waals surface area contributed by atoms with Crippen LogP contribution in [0, 0.1) is 17.8 Å². The van der Waals surface area contributed by atoms with Gasteiger partial charge in [-0.1, -0.05) is 27.7 Å². The molecule has 1 aliphatic carbocycles. The molecule has 10 heavy (non-hydrogen) atoms. The van der Waals surface area contributed by atoms with Gasteiger partial charge in [-0.25, -0.2) is 0 Å². The zero-order chi connectivity index (χ0) is 7.94. The molecule has 60 valence electrons. The number of hydrogen-bond acceptors (Lipinski definition) is 1. The van der Waals surface area contributed by atoms with E-state index >= 15 is 0 Å². The maximum Gasteiger partial charge on any atom is 0.0705 e. The summed E-state index contributed by atoms with van der Waals surface area (Å²) in [6.07, 6.45) is 1.01. The average Bonchev–Trinajstić information content (AvgIpc) is 2.41. The Kier molecular flexibility index (Phi) is 1.80. The molecule has 3 unspecified atom stereocenters. The van der Waals surface area contributed by atoms with Crippen molar-refractivity contribution in [1.29, 1.82) is 0 Å². The van der Waals surface area contributed by atoms with Crippen molar-refractivity contribution in [3.63, 3.8) is 0 Å². The second-order valence-corrected chi connectivity index (χ2v) is 4.13. The van der Waals surface area contributed by atoms with Crippen LogP contribution >= 0.6 is 0 Å². The first-order valence-corrected chi connectivity index (χ1v) is 4.21. The van der Waals surface area contributed by atoms with Crippen molar-refractivity contribution < 1.29 is 5.11 Å². The van der Waals surface area contributed by atoms with E-state index in [4.69, 9.17) is 0 Å². The normalized spacial score (nSPS) is 42.0. The third-order valence-electron chi connectivity index (χ3n) is 3.11. The molecule has 0 aliphatic heterocycles. The van der Waals surface area contributed by atoms with Crippen LogP contribution in [0.1, 0.15) is 34.1 Å². The molecule has 1 N–H and O–H groups in total. The van der Waals surface area contributed by atoms with Crippen molar-refractivity contribution in [3.05, 3.63) is 0 Å². The van der Waals surface area contributed by atoms with Gasteiger partial charge in [0, 0.05) is 0 Å². The van der Waals surface area contributed by atoms with E-state index < -0.39 is 0 Å². The summed E-state index contributed by atoms with van der Waals surface area (Å²) >= 11 is 0. The maximum atomic E-state index is 9.84. The fourth-order valence-electron chi connectivity index (χ4n) is 1.64. The van der Waals surface area contributed by atoms with E-state index in [0.29, 0.717) is 17.8 Å². The van der Waals surface area contributed by atoms with E-state index in [9.17, 15) is 5.11 Å². The van der Waals surface area contributed by atoms with Crippen molar-refractivity contribution in [2.75, 3.05) is 0 Å². The first kappa shape index (κ1) is 8.06. The third kappa shape index (κ3) is 1.07. The molecule has 1 aliphatic rings. The summed E-state index contributed by atoms with van der Waals surface area (Å²) in [5.41, 5.74) is -0.311. The van der Waals surface area contributed by atoms with Gasteiger partial charge >= 0.3 is 0 Å². The Bertz CT molecular complexity index is 131. The molecule has 0 heterocycles. The molecule has 0 spiro atoms. The average molecular weight is 142 g/mol. The third-order valence-corrected chi connectivity index (χ3v) is 3.11. The molecule has 0 bridgehead atoms.